The number of fused-ring (bicyclic) bond motifs is 3. The molecule has 3 heterocycles. The van der Waals surface area contributed by atoms with Crippen molar-refractivity contribution in [3.63, 3.8) is 0 Å². The zero-order valence-electron chi connectivity index (χ0n) is 16.0. The fraction of sp³-hybridized carbons (Fsp3) is 0.238. The van der Waals surface area contributed by atoms with Crippen molar-refractivity contribution in [2.24, 2.45) is 14.1 Å². The zero-order valence-corrected chi connectivity index (χ0v) is 16.0. The van der Waals surface area contributed by atoms with Crippen LogP contribution in [-0.2, 0) is 14.1 Å². The van der Waals surface area contributed by atoms with Gasteiger partial charge in [-0.1, -0.05) is 11.6 Å². The molecule has 6 heteroatoms. The lowest BCUT2D eigenvalue weighted by molar-refractivity contribution is 0.365. The molecule has 0 bridgehead atoms. The molecule has 27 heavy (non-hydrogen) atoms. The predicted octanol–water partition coefficient (Wildman–Crippen LogP) is 3.42. The topological polar surface area (TPSA) is 58.3 Å². The van der Waals surface area contributed by atoms with Crippen LogP contribution in [0.2, 0.25) is 0 Å². The van der Waals surface area contributed by atoms with Crippen LogP contribution in [-0.4, -0.2) is 28.3 Å². The van der Waals surface area contributed by atoms with Crippen molar-refractivity contribution in [2.75, 3.05) is 14.2 Å². The van der Waals surface area contributed by atoms with E-state index in [1.165, 1.54) is 5.56 Å². The summed E-state index contributed by atoms with van der Waals surface area (Å²) in [6, 6.07) is 11.8. The van der Waals surface area contributed by atoms with Crippen LogP contribution in [0.3, 0.4) is 0 Å². The second-order valence-electron chi connectivity index (χ2n) is 6.68. The van der Waals surface area contributed by atoms with Gasteiger partial charge in [0.25, 0.3) is 5.56 Å². The third-order valence-electron chi connectivity index (χ3n) is 5.01. The maximum Gasteiger partial charge on any atom is 0.259 e. The highest BCUT2D eigenvalue weighted by molar-refractivity contribution is 6.08. The minimum atomic E-state index is -0.0829. The van der Waals surface area contributed by atoms with E-state index in [9.17, 15) is 4.79 Å². The Labute approximate surface area is 156 Å². The van der Waals surface area contributed by atoms with Crippen molar-refractivity contribution in [2.45, 2.75) is 6.92 Å². The molecule has 0 saturated heterocycles. The van der Waals surface area contributed by atoms with Gasteiger partial charge < -0.3 is 14.0 Å². The molecule has 3 aromatic heterocycles. The summed E-state index contributed by atoms with van der Waals surface area (Å²) in [4.78, 5) is 17.3. The number of ether oxygens (including phenoxy) is 2. The first-order valence-electron chi connectivity index (χ1n) is 8.64. The van der Waals surface area contributed by atoms with E-state index in [-0.39, 0.29) is 5.56 Å². The first-order valence-corrected chi connectivity index (χ1v) is 8.64. The smallest absolute Gasteiger partial charge is 0.259 e. The number of methoxy groups -OCH3 is 2. The molecule has 0 spiro atoms. The van der Waals surface area contributed by atoms with E-state index >= 15 is 0 Å². The molecule has 0 aliphatic rings. The maximum atomic E-state index is 13.1. The standard InChI is InChI=1S/C21H21N3O3/c1-12-6-7-17-15(8-12)16-11-14(21(25)24(3)20(16)23(17)2)13-9-18(26-4)22-19(10-13)27-5/h6-11H,1-5H3. The Morgan fingerprint density at radius 1 is 0.889 bits per heavy atom. The summed E-state index contributed by atoms with van der Waals surface area (Å²) < 4.78 is 14.3. The maximum absolute atomic E-state index is 13.1. The van der Waals surface area contributed by atoms with Gasteiger partial charge in [0.1, 0.15) is 5.65 Å². The van der Waals surface area contributed by atoms with Crippen LogP contribution < -0.4 is 15.0 Å². The van der Waals surface area contributed by atoms with Gasteiger partial charge in [-0.2, -0.15) is 4.98 Å². The number of nitrogens with zero attached hydrogens (tertiary/aromatic N) is 3. The quantitative estimate of drug-likeness (QED) is 0.560. The summed E-state index contributed by atoms with van der Waals surface area (Å²) in [7, 11) is 6.87. The number of hydrogen-bond donors (Lipinski definition) is 0. The Morgan fingerprint density at radius 3 is 2.19 bits per heavy atom. The minimum Gasteiger partial charge on any atom is -0.481 e. The van der Waals surface area contributed by atoms with Gasteiger partial charge in [-0.25, -0.2) is 0 Å². The fourth-order valence-electron chi connectivity index (χ4n) is 3.66. The molecule has 0 aliphatic carbocycles. The molecule has 0 atom stereocenters. The monoisotopic (exact) mass is 363 g/mol. The average molecular weight is 363 g/mol. The Bertz CT molecular complexity index is 1230. The number of aryl methyl sites for hydroxylation is 3. The third-order valence-corrected chi connectivity index (χ3v) is 5.01. The van der Waals surface area contributed by atoms with Crippen molar-refractivity contribution in [1.82, 2.24) is 14.1 Å². The molecule has 0 saturated carbocycles. The Morgan fingerprint density at radius 2 is 1.56 bits per heavy atom. The normalized spacial score (nSPS) is 11.3. The molecule has 138 valence electrons. The first kappa shape index (κ1) is 17.1. The van der Waals surface area contributed by atoms with Crippen molar-refractivity contribution in [3.05, 3.63) is 52.3 Å². The van der Waals surface area contributed by atoms with Gasteiger partial charge in [0, 0.05) is 42.6 Å². The highest BCUT2D eigenvalue weighted by Crippen LogP contribution is 2.32. The van der Waals surface area contributed by atoms with Crippen molar-refractivity contribution in [1.29, 1.82) is 0 Å². The molecular formula is C21H21N3O3. The molecular weight excluding hydrogens is 342 g/mol. The van der Waals surface area contributed by atoms with Crippen molar-refractivity contribution in [3.8, 4) is 22.9 Å². The number of pyridine rings is 2. The van der Waals surface area contributed by atoms with Gasteiger partial charge in [0.2, 0.25) is 11.8 Å². The lowest BCUT2D eigenvalue weighted by Gasteiger charge is -2.10. The number of aromatic nitrogens is 3. The largest absolute Gasteiger partial charge is 0.481 e. The molecule has 0 aliphatic heterocycles. The summed E-state index contributed by atoms with van der Waals surface area (Å²) in [6.45, 7) is 2.07. The summed E-state index contributed by atoms with van der Waals surface area (Å²) >= 11 is 0. The zero-order chi connectivity index (χ0) is 19.3. The Hall–Kier alpha value is -3.28. The minimum absolute atomic E-state index is 0.0829. The van der Waals surface area contributed by atoms with Gasteiger partial charge in [0.05, 0.1) is 19.7 Å². The predicted molar refractivity (Wildman–Crippen MR) is 107 cm³/mol. The molecule has 0 N–H and O–H groups in total. The van der Waals surface area contributed by atoms with Crippen LogP contribution >= 0.6 is 0 Å². The van der Waals surface area contributed by atoms with Crippen LogP contribution in [0.1, 0.15) is 5.56 Å². The Balaban J connectivity index is 2.12. The van der Waals surface area contributed by atoms with E-state index in [2.05, 4.69) is 34.7 Å². The summed E-state index contributed by atoms with van der Waals surface area (Å²) in [5.74, 6) is 0.806. The van der Waals surface area contributed by atoms with Crippen LogP contribution in [0.25, 0.3) is 33.1 Å². The SMILES string of the molecule is COc1cc(-c2cc3c4cc(C)ccc4n(C)c3n(C)c2=O)cc(OC)n1. The van der Waals surface area contributed by atoms with Crippen LogP contribution in [0, 0.1) is 6.92 Å². The summed E-state index contributed by atoms with van der Waals surface area (Å²) in [5.41, 5.74) is 4.37. The Kier molecular flexibility index (Phi) is 3.91. The number of benzene rings is 1. The highest BCUT2D eigenvalue weighted by atomic mass is 16.5. The fourth-order valence-corrected chi connectivity index (χ4v) is 3.66. The molecule has 0 fully saturated rings. The summed E-state index contributed by atoms with van der Waals surface area (Å²) in [5, 5.41) is 2.15. The van der Waals surface area contributed by atoms with Crippen LogP contribution in [0.4, 0.5) is 0 Å². The van der Waals surface area contributed by atoms with Crippen LogP contribution in [0.5, 0.6) is 11.8 Å². The lowest BCUT2D eigenvalue weighted by atomic mass is 10.1. The third kappa shape index (κ3) is 2.56. The lowest BCUT2D eigenvalue weighted by Crippen LogP contribution is -2.20. The number of hydrogen-bond acceptors (Lipinski definition) is 4. The van der Waals surface area contributed by atoms with Gasteiger partial charge in [-0.05, 0) is 30.7 Å². The molecule has 4 rings (SSSR count). The molecule has 4 aromatic rings. The van der Waals surface area contributed by atoms with Crippen LogP contribution in [0.15, 0.2) is 41.2 Å². The van der Waals surface area contributed by atoms with E-state index < -0.39 is 0 Å². The number of rotatable bonds is 3. The first-order chi connectivity index (χ1) is 12.9. The molecule has 0 unspecified atom stereocenters. The summed E-state index contributed by atoms with van der Waals surface area (Å²) in [6.07, 6.45) is 0. The van der Waals surface area contributed by atoms with E-state index in [4.69, 9.17) is 9.47 Å². The second-order valence-corrected chi connectivity index (χ2v) is 6.68. The van der Waals surface area contributed by atoms with Gasteiger partial charge in [-0.3, -0.25) is 9.36 Å². The van der Waals surface area contributed by atoms with Crippen molar-refractivity contribution >= 4 is 21.9 Å². The molecule has 6 nitrogen and oxygen atoms in total. The molecule has 1 aromatic carbocycles. The van der Waals surface area contributed by atoms with Gasteiger partial charge in [-0.15, -0.1) is 0 Å². The molecule has 0 radical (unpaired) electrons. The van der Waals surface area contributed by atoms with Gasteiger partial charge >= 0.3 is 0 Å². The van der Waals surface area contributed by atoms with E-state index in [0.717, 1.165) is 21.9 Å². The second kappa shape index (κ2) is 6.16. The van der Waals surface area contributed by atoms with Crippen molar-refractivity contribution < 1.29 is 9.47 Å². The highest BCUT2D eigenvalue weighted by Gasteiger charge is 2.17. The van der Waals surface area contributed by atoms with E-state index in [1.54, 1.807) is 38.0 Å². The molecule has 0 amide bonds. The van der Waals surface area contributed by atoms with E-state index in [0.29, 0.717) is 22.9 Å². The van der Waals surface area contributed by atoms with Gasteiger partial charge in [0.15, 0.2) is 0 Å². The van der Waals surface area contributed by atoms with E-state index in [1.807, 2.05) is 13.1 Å². The average Bonchev–Trinajstić information content (AvgIpc) is 2.95.